The van der Waals surface area contributed by atoms with Crippen molar-refractivity contribution in [2.75, 3.05) is 6.61 Å². The first-order valence-corrected chi connectivity index (χ1v) is 7.99. The molecule has 0 spiro atoms. The Morgan fingerprint density at radius 2 is 2.00 bits per heavy atom. The standard InChI is InChI=1S/C16H22N2O7/c1-2-4-11(20)18(15(23)9-5-3-6-17-7-9)12-14(22)13(21)10(8-19)25-16(12)24/h3,5-7,10,12-14,16,19,21-22,24H,2,4,8H2,1H3/t10-,12-,13-,14-,16?/m1/s1. The van der Waals surface area contributed by atoms with Crippen molar-refractivity contribution in [3.05, 3.63) is 30.1 Å². The number of amides is 2. The molecule has 9 nitrogen and oxygen atoms in total. The Morgan fingerprint density at radius 3 is 2.56 bits per heavy atom. The van der Waals surface area contributed by atoms with Gasteiger partial charge in [-0.2, -0.15) is 0 Å². The highest BCUT2D eigenvalue weighted by Gasteiger charge is 2.49. The number of pyridine rings is 1. The van der Waals surface area contributed by atoms with E-state index in [1.807, 2.05) is 0 Å². The van der Waals surface area contributed by atoms with Crippen LogP contribution in [-0.4, -0.2) is 79.4 Å². The van der Waals surface area contributed by atoms with Crippen molar-refractivity contribution >= 4 is 11.8 Å². The Kier molecular flexibility index (Phi) is 6.57. The summed E-state index contributed by atoms with van der Waals surface area (Å²) in [7, 11) is 0. The summed E-state index contributed by atoms with van der Waals surface area (Å²) < 4.78 is 5.06. The number of carbonyl (C=O) groups is 2. The first-order chi connectivity index (χ1) is 11.9. The molecule has 0 radical (unpaired) electrons. The van der Waals surface area contributed by atoms with Crippen molar-refractivity contribution < 1.29 is 34.8 Å². The number of aliphatic hydroxyl groups excluding tert-OH is 4. The van der Waals surface area contributed by atoms with Gasteiger partial charge >= 0.3 is 0 Å². The molecular formula is C16H22N2O7. The molecule has 4 N–H and O–H groups in total. The van der Waals surface area contributed by atoms with Crippen LogP contribution in [0, 0.1) is 0 Å². The lowest BCUT2D eigenvalue weighted by atomic mass is 9.95. The summed E-state index contributed by atoms with van der Waals surface area (Å²) in [5.41, 5.74) is 0.0881. The monoisotopic (exact) mass is 354 g/mol. The van der Waals surface area contributed by atoms with Crippen LogP contribution in [0.25, 0.3) is 0 Å². The number of nitrogens with zero attached hydrogens (tertiary/aromatic N) is 2. The van der Waals surface area contributed by atoms with Crippen LogP contribution in [0.1, 0.15) is 30.1 Å². The highest BCUT2D eigenvalue weighted by molar-refractivity contribution is 6.05. The topological polar surface area (TPSA) is 140 Å². The summed E-state index contributed by atoms with van der Waals surface area (Å²) >= 11 is 0. The molecule has 9 heteroatoms. The number of hydrogen-bond acceptors (Lipinski definition) is 8. The third kappa shape index (κ3) is 4.02. The highest BCUT2D eigenvalue weighted by Crippen LogP contribution is 2.26. The van der Waals surface area contributed by atoms with Gasteiger partial charge in [-0.25, -0.2) is 0 Å². The zero-order valence-electron chi connectivity index (χ0n) is 13.7. The number of aliphatic hydroxyl groups is 4. The first kappa shape index (κ1) is 19.4. The summed E-state index contributed by atoms with van der Waals surface area (Å²) in [6.45, 7) is 1.10. The third-order valence-corrected chi connectivity index (χ3v) is 4.03. The molecule has 2 amide bonds. The van der Waals surface area contributed by atoms with Crippen molar-refractivity contribution in [3.8, 4) is 0 Å². The van der Waals surface area contributed by atoms with Gasteiger partial charge in [-0.1, -0.05) is 6.92 Å². The Hall–Kier alpha value is -1.91. The van der Waals surface area contributed by atoms with Gasteiger partial charge in [-0.3, -0.25) is 19.5 Å². The molecule has 1 fully saturated rings. The van der Waals surface area contributed by atoms with Gasteiger partial charge < -0.3 is 25.2 Å². The Labute approximate surface area is 144 Å². The lowest BCUT2D eigenvalue weighted by Crippen LogP contribution is -2.66. The van der Waals surface area contributed by atoms with Gasteiger partial charge in [0.2, 0.25) is 5.91 Å². The number of rotatable bonds is 5. The van der Waals surface area contributed by atoms with Crippen molar-refractivity contribution in [1.29, 1.82) is 0 Å². The van der Waals surface area contributed by atoms with Crippen LogP contribution >= 0.6 is 0 Å². The van der Waals surface area contributed by atoms with Crippen LogP contribution in [-0.2, 0) is 9.53 Å². The summed E-state index contributed by atoms with van der Waals surface area (Å²) in [6.07, 6.45) is -3.07. The lowest BCUT2D eigenvalue weighted by molar-refractivity contribution is -0.266. The van der Waals surface area contributed by atoms with Gasteiger partial charge in [0.1, 0.15) is 24.4 Å². The number of carbonyl (C=O) groups excluding carboxylic acids is 2. The molecule has 1 aromatic rings. The minimum atomic E-state index is -1.75. The zero-order chi connectivity index (χ0) is 18.6. The Bertz CT molecular complexity index is 597. The Balaban J connectivity index is 2.38. The molecule has 0 saturated carbocycles. The van der Waals surface area contributed by atoms with E-state index in [1.54, 1.807) is 6.92 Å². The molecule has 1 aliphatic rings. The molecule has 1 saturated heterocycles. The molecule has 5 atom stereocenters. The molecule has 2 rings (SSSR count). The van der Waals surface area contributed by atoms with Crippen LogP contribution in [0.3, 0.4) is 0 Å². The van der Waals surface area contributed by atoms with E-state index in [4.69, 9.17) is 9.84 Å². The van der Waals surface area contributed by atoms with Crippen LogP contribution in [0.4, 0.5) is 0 Å². The fourth-order valence-corrected chi connectivity index (χ4v) is 2.74. The fourth-order valence-electron chi connectivity index (χ4n) is 2.74. The molecule has 1 aromatic heterocycles. The van der Waals surface area contributed by atoms with Gasteiger partial charge in [0, 0.05) is 18.8 Å². The molecule has 2 heterocycles. The normalized spacial score (nSPS) is 29.2. The molecule has 0 bridgehead atoms. The van der Waals surface area contributed by atoms with E-state index in [9.17, 15) is 24.9 Å². The van der Waals surface area contributed by atoms with E-state index in [1.165, 1.54) is 24.5 Å². The summed E-state index contributed by atoms with van der Waals surface area (Å²) in [6, 6.07) is 1.44. The van der Waals surface area contributed by atoms with E-state index in [0.717, 1.165) is 0 Å². The number of ether oxygens (including phenoxy) is 1. The second-order valence-electron chi connectivity index (χ2n) is 5.78. The maximum absolute atomic E-state index is 12.8. The van der Waals surface area contributed by atoms with Crippen LogP contribution in [0.15, 0.2) is 24.5 Å². The minimum Gasteiger partial charge on any atom is -0.394 e. The molecule has 1 aliphatic heterocycles. The zero-order valence-corrected chi connectivity index (χ0v) is 13.7. The SMILES string of the molecule is CCCC(=O)N(C(=O)c1cccnc1)[C@H]1C(O)O[C@H](CO)[C@@H](O)[C@@H]1O. The molecule has 0 aromatic carbocycles. The van der Waals surface area contributed by atoms with E-state index in [2.05, 4.69) is 4.98 Å². The van der Waals surface area contributed by atoms with E-state index in [-0.39, 0.29) is 12.0 Å². The summed E-state index contributed by atoms with van der Waals surface area (Å²) in [4.78, 5) is 29.8. The summed E-state index contributed by atoms with van der Waals surface area (Å²) in [5, 5.41) is 39.7. The third-order valence-electron chi connectivity index (χ3n) is 4.03. The molecular weight excluding hydrogens is 332 g/mol. The van der Waals surface area contributed by atoms with Crippen LogP contribution in [0.5, 0.6) is 0 Å². The second kappa shape index (κ2) is 8.45. The molecule has 0 aliphatic carbocycles. The van der Waals surface area contributed by atoms with E-state index >= 15 is 0 Å². The largest absolute Gasteiger partial charge is 0.394 e. The average molecular weight is 354 g/mol. The van der Waals surface area contributed by atoms with E-state index in [0.29, 0.717) is 11.3 Å². The van der Waals surface area contributed by atoms with Crippen molar-refractivity contribution in [2.24, 2.45) is 0 Å². The number of imide groups is 1. The maximum atomic E-state index is 12.8. The van der Waals surface area contributed by atoms with Gasteiger partial charge in [-0.15, -0.1) is 0 Å². The van der Waals surface area contributed by atoms with Crippen LogP contribution in [0.2, 0.25) is 0 Å². The van der Waals surface area contributed by atoms with Crippen molar-refractivity contribution in [2.45, 2.75) is 50.4 Å². The van der Waals surface area contributed by atoms with Crippen molar-refractivity contribution in [3.63, 3.8) is 0 Å². The molecule has 138 valence electrons. The smallest absolute Gasteiger partial charge is 0.262 e. The maximum Gasteiger partial charge on any atom is 0.262 e. The van der Waals surface area contributed by atoms with Crippen LogP contribution < -0.4 is 0 Å². The summed E-state index contributed by atoms with van der Waals surface area (Å²) in [5.74, 6) is -1.40. The van der Waals surface area contributed by atoms with Gasteiger partial charge in [0.25, 0.3) is 5.91 Å². The lowest BCUT2D eigenvalue weighted by Gasteiger charge is -2.44. The Morgan fingerprint density at radius 1 is 1.28 bits per heavy atom. The second-order valence-corrected chi connectivity index (χ2v) is 5.78. The average Bonchev–Trinajstić information content (AvgIpc) is 2.62. The van der Waals surface area contributed by atoms with E-state index < -0.39 is 49.1 Å². The van der Waals surface area contributed by atoms with Gasteiger partial charge in [-0.05, 0) is 18.6 Å². The minimum absolute atomic E-state index is 0.00145. The number of hydrogen-bond donors (Lipinski definition) is 4. The highest BCUT2D eigenvalue weighted by atomic mass is 16.6. The molecule has 1 unspecified atom stereocenters. The van der Waals surface area contributed by atoms with Gasteiger partial charge in [0.15, 0.2) is 6.29 Å². The number of aromatic nitrogens is 1. The predicted octanol–water partition coefficient (Wildman–Crippen LogP) is -1.35. The van der Waals surface area contributed by atoms with Gasteiger partial charge in [0.05, 0.1) is 12.2 Å². The fraction of sp³-hybridized carbons (Fsp3) is 0.562. The first-order valence-electron chi connectivity index (χ1n) is 7.99. The molecule has 25 heavy (non-hydrogen) atoms. The van der Waals surface area contributed by atoms with Crippen molar-refractivity contribution in [1.82, 2.24) is 9.88 Å². The quantitative estimate of drug-likeness (QED) is 0.509. The predicted molar refractivity (Wildman–Crippen MR) is 84.1 cm³/mol.